The first-order chi connectivity index (χ1) is 10.9. The lowest BCUT2D eigenvalue weighted by Crippen LogP contribution is -2.39. The fraction of sp³-hybridized carbons (Fsp3) is 0.188. The van der Waals surface area contributed by atoms with Gasteiger partial charge in [-0.3, -0.25) is 4.90 Å². The van der Waals surface area contributed by atoms with E-state index >= 15 is 0 Å². The van der Waals surface area contributed by atoms with Gasteiger partial charge in [-0.1, -0.05) is 29.8 Å². The van der Waals surface area contributed by atoms with Crippen LogP contribution < -0.4 is 5.32 Å². The maximum absolute atomic E-state index is 13.1. The summed E-state index contributed by atoms with van der Waals surface area (Å²) in [4.78, 5) is 5.97. The second kappa shape index (κ2) is 5.77. The highest BCUT2D eigenvalue weighted by atomic mass is 35.5. The van der Waals surface area contributed by atoms with Crippen molar-refractivity contribution in [2.24, 2.45) is 4.99 Å². The van der Waals surface area contributed by atoms with E-state index in [9.17, 15) is 13.2 Å². The molecule has 2 heterocycles. The number of guanidine groups is 1. The second-order valence-electron chi connectivity index (χ2n) is 5.02. The molecule has 1 aromatic rings. The quantitative estimate of drug-likeness (QED) is 0.838. The van der Waals surface area contributed by atoms with Gasteiger partial charge in [0.15, 0.2) is 0 Å². The Morgan fingerprint density at radius 1 is 1.26 bits per heavy atom. The molecule has 0 unspecified atom stereocenters. The molecule has 7 heteroatoms. The molecule has 0 fully saturated rings. The lowest BCUT2D eigenvalue weighted by molar-refractivity contribution is -0.0885. The van der Waals surface area contributed by atoms with Gasteiger partial charge in [-0.2, -0.15) is 13.2 Å². The zero-order chi connectivity index (χ0) is 16.6. The fourth-order valence-electron chi connectivity index (χ4n) is 2.53. The van der Waals surface area contributed by atoms with Gasteiger partial charge in [0.25, 0.3) is 0 Å². The van der Waals surface area contributed by atoms with E-state index in [0.717, 1.165) is 12.2 Å². The van der Waals surface area contributed by atoms with Crippen LogP contribution in [0.2, 0.25) is 5.02 Å². The first-order valence-corrected chi connectivity index (χ1v) is 7.26. The summed E-state index contributed by atoms with van der Waals surface area (Å²) in [6, 6.07) is 7.06. The molecule has 3 nitrogen and oxygen atoms in total. The number of aliphatic imine (C=N–C) groups is 1. The molecule has 0 spiro atoms. The van der Waals surface area contributed by atoms with Gasteiger partial charge in [0, 0.05) is 29.4 Å². The van der Waals surface area contributed by atoms with E-state index in [4.69, 9.17) is 11.6 Å². The predicted molar refractivity (Wildman–Crippen MR) is 84.9 cm³/mol. The zero-order valence-electron chi connectivity index (χ0n) is 12.2. The van der Waals surface area contributed by atoms with Crippen molar-refractivity contribution in [2.75, 3.05) is 13.6 Å². The molecule has 2 aliphatic rings. The van der Waals surface area contributed by atoms with Crippen LogP contribution in [0.5, 0.6) is 0 Å². The van der Waals surface area contributed by atoms with Crippen LogP contribution in [0.15, 0.2) is 58.9 Å². The molecule has 1 aromatic carbocycles. The van der Waals surface area contributed by atoms with Crippen LogP contribution in [0.25, 0.3) is 5.57 Å². The SMILES string of the molecule is CNC1=NCC(c2ccccc2Cl)=C2C=C(C(F)(F)F)C=CN12. The number of fused-ring (bicyclic) bond motifs is 1. The minimum Gasteiger partial charge on any atom is -0.359 e. The summed E-state index contributed by atoms with van der Waals surface area (Å²) in [6.45, 7) is 0.251. The number of nitrogens with one attached hydrogen (secondary N) is 1. The third-order valence-electron chi connectivity index (χ3n) is 3.63. The van der Waals surface area contributed by atoms with Crippen LogP contribution in [-0.2, 0) is 0 Å². The third kappa shape index (κ3) is 2.86. The molecule has 0 bridgehead atoms. The van der Waals surface area contributed by atoms with Crippen LogP contribution >= 0.6 is 11.6 Å². The molecule has 23 heavy (non-hydrogen) atoms. The molecular formula is C16H13ClF3N3. The number of nitrogens with zero attached hydrogens (tertiary/aromatic N) is 2. The molecule has 0 aliphatic carbocycles. The fourth-order valence-corrected chi connectivity index (χ4v) is 2.78. The topological polar surface area (TPSA) is 27.6 Å². The maximum atomic E-state index is 13.1. The van der Waals surface area contributed by atoms with Gasteiger partial charge < -0.3 is 5.32 Å². The Bertz CT molecular complexity index is 760. The standard InChI is InChI=1S/C16H13ClF3N3/c1-21-15-22-9-12(11-4-2-3-5-13(11)17)14-8-10(16(18,19)20)6-7-23(14)15/h2-8H,9H2,1H3,(H,21,22). The predicted octanol–water partition coefficient (Wildman–Crippen LogP) is 3.96. The molecule has 0 saturated heterocycles. The van der Waals surface area contributed by atoms with Crippen LogP contribution in [0.3, 0.4) is 0 Å². The van der Waals surface area contributed by atoms with E-state index in [0.29, 0.717) is 27.8 Å². The minimum atomic E-state index is -4.41. The van der Waals surface area contributed by atoms with Crippen LogP contribution in [0, 0.1) is 0 Å². The van der Waals surface area contributed by atoms with Crippen LogP contribution in [0.1, 0.15) is 5.56 Å². The number of allylic oxidation sites excluding steroid dienone is 3. The van der Waals surface area contributed by atoms with Crippen molar-refractivity contribution in [3.05, 3.63) is 64.5 Å². The van der Waals surface area contributed by atoms with Gasteiger partial charge in [-0.15, -0.1) is 0 Å². The average Bonchev–Trinajstić information content (AvgIpc) is 2.53. The number of rotatable bonds is 1. The number of hydrogen-bond acceptors (Lipinski definition) is 3. The summed E-state index contributed by atoms with van der Waals surface area (Å²) in [7, 11) is 1.67. The highest BCUT2D eigenvalue weighted by molar-refractivity contribution is 6.32. The lowest BCUT2D eigenvalue weighted by atomic mass is 9.98. The summed E-state index contributed by atoms with van der Waals surface area (Å²) in [5, 5.41) is 3.37. The third-order valence-corrected chi connectivity index (χ3v) is 3.96. The molecule has 2 aliphatic heterocycles. The van der Waals surface area contributed by atoms with E-state index in [2.05, 4.69) is 10.3 Å². The number of alkyl halides is 3. The molecule has 1 N–H and O–H groups in total. The van der Waals surface area contributed by atoms with Crippen LogP contribution in [0.4, 0.5) is 13.2 Å². The Hall–Kier alpha value is -2.21. The van der Waals surface area contributed by atoms with Gasteiger partial charge in [0.05, 0.1) is 17.8 Å². The van der Waals surface area contributed by atoms with E-state index in [1.807, 2.05) is 0 Å². The van der Waals surface area contributed by atoms with E-state index in [1.165, 1.54) is 6.20 Å². The second-order valence-corrected chi connectivity index (χ2v) is 5.42. The van der Waals surface area contributed by atoms with Crippen molar-refractivity contribution in [3.63, 3.8) is 0 Å². The monoisotopic (exact) mass is 339 g/mol. The molecule has 0 atom stereocenters. The first-order valence-electron chi connectivity index (χ1n) is 6.88. The Labute approximate surface area is 136 Å². The first kappa shape index (κ1) is 15.7. The lowest BCUT2D eigenvalue weighted by Gasteiger charge is -2.32. The van der Waals surface area contributed by atoms with Crippen molar-refractivity contribution < 1.29 is 13.2 Å². The van der Waals surface area contributed by atoms with Gasteiger partial charge in [0.2, 0.25) is 5.96 Å². The minimum absolute atomic E-state index is 0.251. The molecular weight excluding hydrogens is 327 g/mol. The Morgan fingerprint density at radius 2 is 2.00 bits per heavy atom. The van der Waals surface area contributed by atoms with Crippen molar-refractivity contribution in [1.82, 2.24) is 10.2 Å². The molecule has 0 aromatic heterocycles. The summed E-state index contributed by atoms with van der Waals surface area (Å²) in [5.41, 5.74) is 1.06. The number of hydrogen-bond donors (Lipinski definition) is 1. The van der Waals surface area contributed by atoms with Crippen molar-refractivity contribution in [3.8, 4) is 0 Å². The Balaban J connectivity index is 2.17. The van der Waals surface area contributed by atoms with Crippen LogP contribution in [-0.4, -0.2) is 30.6 Å². The molecule has 3 rings (SSSR count). The summed E-state index contributed by atoms with van der Waals surface area (Å²) in [5.74, 6) is 0.490. The van der Waals surface area contributed by atoms with Crippen molar-refractivity contribution in [2.45, 2.75) is 6.18 Å². The summed E-state index contributed by atoms with van der Waals surface area (Å²) >= 11 is 6.21. The average molecular weight is 340 g/mol. The number of benzene rings is 1. The molecule has 120 valence electrons. The normalized spacial score (nSPS) is 17.7. The Morgan fingerprint density at radius 3 is 2.65 bits per heavy atom. The zero-order valence-corrected chi connectivity index (χ0v) is 12.9. The Kier molecular flexibility index (Phi) is 3.93. The number of halogens is 4. The highest BCUT2D eigenvalue weighted by Crippen LogP contribution is 2.37. The van der Waals surface area contributed by atoms with Crippen molar-refractivity contribution in [1.29, 1.82) is 0 Å². The van der Waals surface area contributed by atoms with E-state index in [-0.39, 0.29) is 6.54 Å². The molecule has 0 amide bonds. The maximum Gasteiger partial charge on any atom is 0.416 e. The highest BCUT2D eigenvalue weighted by Gasteiger charge is 2.36. The van der Waals surface area contributed by atoms with E-state index in [1.54, 1.807) is 36.2 Å². The smallest absolute Gasteiger partial charge is 0.359 e. The van der Waals surface area contributed by atoms with Gasteiger partial charge in [-0.05, 0) is 18.2 Å². The van der Waals surface area contributed by atoms with Crippen molar-refractivity contribution >= 4 is 23.1 Å². The van der Waals surface area contributed by atoms with Gasteiger partial charge >= 0.3 is 6.18 Å². The molecule has 0 saturated carbocycles. The van der Waals surface area contributed by atoms with Gasteiger partial charge in [-0.25, -0.2) is 4.99 Å². The van der Waals surface area contributed by atoms with Gasteiger partial charge in [0.1, 0.15) is 0 Å². The summed E-state index contributed by atoms with van der Waals surface area (Å²) < 4.78 is 39.2. The molecule has 0 radical (unpaired) electrons. The van der Waals surface area contributed by atoms with E-state index < -0.39 is 11.7 Å². The summed E-state index contributed by atoms with van der Waals surface area (Å²) in [6.07, 6.45) is -0.879. The largest absolute Gasteiger partial charge is 0.416 e.